The lowest BCUT2D eigenvalue weighted by molar-refractivity contribution is 0.0949. The fourth-order valence-corrected chi connectivity index (χ4v) is 2.99. The molecule has 0 radical (unpaired) electrons. The van der Waals surface area contributed by atoms with E-state index in [9.17, 15) is 9.18 Å². The second-order valence-corrected chi connectivity index (χ2v) is 6.53. The molecule has 0 aliphatic rings. The van der Waals surface area contributed by atoms with Crippen molar-refractivity contribution in [2.45, 2.75) is 19.9 Å². The van der Waals surface area contributed by atoms with E-state index in [1.165, 1.54) is 17.7 Å². The summed E-state index contributed by atoms with van der Waals surface area (Å²) in [6, 6.07) is 20.3. The van der Waals surface area contributed by atoms with Crippen LogP contribution in [0.15, 0.2) is 72.9 Å². The van der Waals surface area contributed by atoms with Gasteiger partial charge in [0.15, 0.2) is 0 Å². The number of carbonyl (C=O) groups is 1. The number of nitrogens with zero attached hydrogens (tertiary/aromatic N) is 2. The Bertz CT molecular complexity index is 897. The van der Waals surface area contributed by atoms with E-state index in [1.807, 2.05) is 30.3 Å². The minimum atomic E-state index is -0.259. The van der Waals surface area contributed by atoms with E-state index in [0.29, 0.717) is 18.7 Å². The number of nitrogens with one attached hydrogen (secondary N) is 1. The quantitative estimate of drug-likeness (QED) is 0.639. The van der Waals surface area contributed by atoms with Gasteiger partial charge in [-0.1, -0.05) is 42.5 Å². The van der Waals surface area contributed by atoms with Crippen LogP contribution in [0.3, 0.4) is 0 Å². The maximum absolute atomic E-state index is 12.9. The van der Waals surface area contributed by atoms with Gasteiger partial charge in [0.05, 0.1) is 0 Å². The van der Waals surface area contributed by atoms with Crippen molar-refractivity contribution < 1.29 is 9.18 Å². The van der Waals surface area contributed by atoms with Crippen molar-refractivity contribution in [3.8, 4) is 0 Å². The van der Waals surface area contributed by atoms with Crippen molar-refractivity contribution in [3.63, 3.8) is 0 Å². The fourth-order valence-electron chi connectivity index (χ4n) is 2.99. The van der Waals surface area contributed by atoms with Gasteiger partial charge in [-0.2, -0.15) is 0 Å². The molecule has 1 N–H and O–H groups in total. The number of hydrogen-bond donors (Lipinski definition) is 1. The summed E-state index contributed by atoms with van der Waals surface area (Å²) < 4.78 is 12.9. The molecule has 4 nitrogen and oxygen atoms in total. The number of anilines is 1. The van der Waals surface area contributed by atoms with Crippen LogP contribution in [-0.2, 0) is 13.0 Å². The first-order valence-electron chi connectivity index (χ1n) is 9.43. The lowest BCUT2D eigenvalue weighted by atomic mass is 10.1. The van der Waals surface area contributed by atoms with Gasteiger partial charge in [-0.25, -0.2) is 4.39 Å². The third kappa shape index (κ3) is 5.39. The van der Waals surface area contributed by atoms with Crippen LogP contribution >= 0.6 is 0 Å². The number of benzene rings is 2. The van der Waals surface area contributed by atoms with Gasteiger partial charge >= 0.3 is 0 Å². The number of pyridine rings is 1. The van der Waals surface area contributed by atoms with Crippen molar-refractivity contribution in [1.29, 1.82) is 0 Å². The lowest BCUT2D eigenvalue weighted by Crippen LogP contribution is -2.27. The number of halogens is 1. The van der Waals surface area contributed by atoms with E-state index < -0.39 is 0 Å². The summed E-state index contributed by atoms with van der Waals surface area (Å²) in [6.45, 7) is 4.15. The Kier molecular flexibility index (Phi) is 6.73. The highest BCUT2D eigenvalue weighted by molar-refractivity contribution is 5.93. The molecule has 0 aliphatic carbocycles. The molecular weight excluding hydrogens is 353 g/mol. The molecule has 0 saturated carbocycles. The Labute approximate surface area is 165 Å². The normalized spacial score (nSPS) is 10.5. The Morgan fingerprint density at radius 1 is 1.04 bits per heavy atom. The van der Waals surface area contributed by atoms with E-state index in [-0.39, 0.29) is 11.7 Å². The highest BCUT2D eigenvalue weighted by Gasteiger charge is 2.11. The molecule has 1 aromatic heterocycles. The Balaban J connectivity index is 1.61. The van der Waals surface area contributed by atoms with E-state index in [1.54, 1.807) is 18.3 Å². The van der Waals surface area contributed by atoms with Crippen LogP contribution < -0.4 is 10.2 Å². The van der Waals surface area contributed by atoms with E-state index in [0.717, 1.165) is 24.3 Å². The lowest BCUT2D eigenvalue weighted by Gasteiger charge is -2.23. The maximum atomic E-state index is 12.9. The molecule has 0 atom stereocenters. The SMILES string of the molecule is CCN(Cc1ccccc1)c1ccnc(C(=O)NCCc2ccc(F)cc2)c1. The van der Waals surface area contributed by atoms with Gasteiger partial charge in [-0.3, -0.25) is 9.78 Å². The van der Waals surface area contributed by atoms with Gasteiger partial charge in [0, 0.05) is 31.5 Å². The molecule has 0 unspecified atom stereocenters. The third-order valence-corrected chi connectivity index (χ3v) is 4.55. The maximum Gasteiger partial charge on any atom is 0.269 e. The molecule has 0 aliphatic heterocycles. The van der Waals surface area contributed by atoms with Gasteiger partial charge in [0.2, 0.25) is 0 Å². The molecule has 0 saturated heterocycles. The van der Waals surface area contributed by atoms with Gasteiger partial charge in [-0.15, -0.1) is 0 Å². The van der Waals surface area contributed by atoms with Crippen molar-refractivity contribution in [3.05, 3.63) is 95.6 Å². The third-order valence-electron chi connectivity index (χ3n) is 4.55. The summed E-state index contributed by atoms with van der Waals surface area (Å²) in [5, 5.41) is 2.88. The zero-order valence-corrected chi connectivity index (χ0v) is 15.9. The van der Waals surface area contributed by atoms with Crippen LogP contribution in [-0.4, -0.2) is 24.0 Å². The van der Waals surface area contributed by atoms with Gasteiger partial charge < -0.3 is 10.2 Å². The molecule has 0 spiro atoms. The zero-order chi connectivity index (χ0) is 19.8. The fraction of sp³-hybridized carbons (Fsp3) is 0.217. The van der Waals surface area contributed by atoms with Crippen LogP contribution in [0.4, 0.5) is 10.1 Å². The monoisotopic (exact) mass is 377 g/mol. The molecule has 5 heteroatoms. The Morgan fingerprint density at radius 3 is 2.50 bits per heavy atom. The predicted octanol–water partition coefficient (Wildman–Crippen LogP) is 4.22. The summed E-state index contributed by atoms with van der Waals surface area (Å²) in [6.07, 6.45) is 2.30. The summed E-state index contributed by atoms with van der Waals surface area (Å²) in [4.78, 5) is 18.9. The van der Waals surface area contributed by atoms with Crippen molar-refractivity contribution in [1.82, 2.24) is 10.3 Å². The number of amides is 1. The molecule has 3 rings (SSSR count). The molecular formula is C23H24FN3O. The minimum Gasteiger partial charge on any atom is -0.367 e. The van der Waals surface area contributed by atoms with Crippen molar-refractivity contribution >= 4 is 11.6 Å². The van der Waals surface area contributed by atoms with Gasteiger partial charge in [0.25, 0.3) is 5.91 Å². The van der Waals surface area contributed by atoms with Crippen LogP contribution in [0.5, 0.6) is 0 Å². The van der Waals surface area contributed by atoms with E-state index in [2.05, 4.69) is 34.3 Å². The van der Waals surface area contributed by atoms with Gasteiger partial charge in [-0.05, 0) is 48.7 Å². The second-order valence-electron chi connectivity index (χ2n) is 6.53. The number of aromatic nitrogens is 1. The van der Waals surface area contributed by atoms with Crippen LogP contribution in [0.2, 0.25) is 0 Å². The summed E-state index contributed by atoms with van der Waals surface area (Å²) in [5.74, 6) is -0.468. The van der Waals surface area contributed by atoms with Crippen LogP contribution in [0.1, 0.15) is 28.5 Å². The first-order chi connectivity index (χ1) is 13.7. The molecule has 144 valence electrons. The number of hydrogen-bond acceptors (Lipinski definition) is 3. The molecule has 0 bridgehead atoms. The van der Waals surface area contributed by atoms with Crippen molar-refractivity contribution in [2.75, 3.05) is 18.0 Å². The highest BCUT2D eigenvalue weighted by atomic mass is 19.1. The topological polar surface area (TPSA) is 45.2 Å². The standard InChI is InChI=1S/C23H24FN3O/c1-2-27(17-19-6-4-3-5-7-19)21-13-15-25-22(16-21)23(28)26-14-12-18-8-10-20(24)11-9-18/h3-11,13,15-16H,2,12,14,17H2,1H3,(H,26,28). The highest BCUT2D eigenvalue weighted by Crippen LogP contribution is 2.17. The van der Waals surface area contributed by atoms with E-state index >= 15 is 0 Å². The van der Waals surface area contributed by atoms with Gasteiger partial charge in [0.1, 0.15) is 11.5 Å². The molecule has 0 fully saturated rings. The first-order valence-corrected chi connectivity index (χ1v) is 9.43. The van der Waals surface area contributed by atoms with E-state index in [4.69, 9.17) is 0 Å². The Hall–Kier alpha value is -3.21. The summed E-state index contributed by atoms with van der Waals surface area (Å²) in [7, 11) is 0. The average Bonchev–Trinajstić information content (AvgIpc) is 2.74. The molecule has 3 aromatic rings. The number of carbonyl (C=O) groups excluding carboxylic acids is 1. The molecule has 2 aromatic carbocycles. The van der Waals surface area contributed by atoms with Crippen LogP contribution in [0.25, 0.3) is 0 Å². The molecule has 1 amide bonds. The summed E-state index contributed by atoms with van der Waals surface area (Å²) >= 11 is 0. The Morgan fingerprint density at radius 2 is 1.79 bits per heavy atom. The zero-order valence-electron chi connectivity index (χ0n) is 15.9. The minimum absolute atomic E-state index is 0.209. The smallest absolute Gasteiger partial charge is 0.269 e. The van der Waals surface area contributed by atoms with Crippen molar-refractivity contribution in [2.24, 2.45) is 0 Å². The molecule has 1 heterocycles. The predicted molar refractivity (Wildman–Crippen MR) is 110 cm³/mol. The van der Waals surface area contributed by atoms with Crippen LogP contribution in [0, 0.1) is 5.82 Å². The largest absolute Gasteiger partial charge is 0.367 e. The number of rotatable bonds is 8. The second kappa shape index (κ2) is 9.65. The first kappa shape index (κ1) is 19.5. The average molecular weight is 377 g/mol. The summed E-state index contributed by atoms with van der Waals surface area (Å²) in [5.41, 5.74) is 3.54. The molecule has 28 heavy (non-hydrogen) atoms.